The van der Waals surface area contributed by atoms with Gasteiger partial charge in [0, 0.05) is 17.8 Å². The molecule has 2 aromatic rings. The minimum Gasteiger partial charge on any atom is -0.497 e. The van der Waals surface area contributed by atoms with Crippen LogP contribution in [0.15, 0.2) is 12.1 Å². The summed E-state index contributed by atoms with van der Waals surface area (Å²) in [6.45, 7) is 6.14. The quantitative estimate of drug-likeness (QED) is 0.777. The average molecular weight is 290 g/mol. The summed E-state index contributed by atoms with van der Waals surface area (Å²) in [6.07, 6.45) is 0. The third-order valence-corrected chi connectivity index (χ3v) is 2.98. The van der Waals surface area contributed by atoms with Crippen LogP contribution < -0.4 is 4.74 Å². The number of pyridine rings is 1. The Labute approximate surface area is 122 Å². The van der Waals surface area contributed by atoms with Crippen molar-refractivity contribution in [2.45, 2.75) is 27.3 Å². The topological polar surface area (TPSA) is 79.1 Å². The summed E-state index contributed by atoms with van der Waals surface area (Å²) in [6, 6.07) is 3.68. The van der Waals surface area contributed by atoms with E-state index in [0.717, 1.165) is 17.1 Å². The normalized spacial score (nSPS) is 10.5. The summed E-state index contributed by atoms with van der Waals surface area (Å²) in [5, 5.41) is 7.86. The van der Waals surface area contributed by atoms with E-state index in [1.807, 2.05) is 19.1 Å². The van der Waals surface area contributed by atoms with Gasteiger partial charge in [0.1, 0.15) is 5.75 Å². The molecule has 2 rings (SSSR count). The van der Waals surface area contributed by atoms with Crippen molar-refractivity contribution in [3.63, 3.8) is 0 Å². The molecule has 0 atom stereocenters. The van der Waals surface area contributed by atoms with E-state index < -0.39 is 5.97 Å². The fraction of sp³-hybridized carbons (Fsp3) is 0.429. The summed E-state index contributed by atoms with van der Waals surface area (Å²) < 4.78 is 11.8. The number of carbonyl (C=O) groups is 1. The third kappa shape index (κ3) is 3.36. The van der Waals surface area contributed by atoms with Gasteiger partial charge in [0.2, 0.25) is 0 Å². The van der Waals surface area contributed by atoms with Gasteiger partial charge in [-0.15, -0.1) is 5.10 Å². The highest BCUT2D eigenvalue weighted by atomic mass is 16.5. The molecule has 7 nitrogen and oxygen atoms in total. The smallest absolute Gasteiger partial charge is 0.360 e. The van der Waals surface area contributed by atoms with E-state index in [9.17, 15) is 4.79 Å². The molecular formula is C14H18N4O3. The van der Waals surface area contributed by atoms with Crippen molar-refractivity contribution in [2.75, 3.05) is 13.7 Å². The lowest BCUT2D eigenvalue weighted by atomic mass is 10.2. The van der Waals surface area contributed by atoms with Crippen molar-refractivity contribution in [3.05, 3.63) is 34.9 Å². The van der Waals surface area contributed by atoms with E-state index in [1.165, 1.54) is 0 Å². The number of hydrogen-bond donors (Lipinski definition) is 0. The Morgan fingerprint density at radius 3 is 2.76 bits per heavy atom. The van der Waals surface area contributed by atoms with Crippen LogP contribution >= 0.6 is 0 Å². The summed E-state index contributed by atoms with van der Waals surface area (Å²) in [7, 11) is 1.61. The molecule has 0 fully saturated rings. The number of aryl methyl sites for hydroxylation is 1. The van der Waals surface area contributed by atoms with Crippen LogP contribution in [0.4, 0.5) is 0 Å². The highest BCUT2D eigenvalue weighted by Gasteiger charge is 2.17. The van der Waals surface area contributed by atoms with Gasteiger partial charge in [0.25, 0.3) is 0 Å². The molecule has 2 heterocycles. The monoisotopic (exact) mass is 290 g/mol. The molecule has 0 amide bonds. The van der Waals surface area contributed by atoms with Crippen molar-refractivity contribution in [3.8, 4) is 5.75 Å². The number of esters is 1. The lowest BCUT2D eigenvalue weighted by Gasteiger charge is -2.07. The first-order chi connectivity index (χ1) is 10.0. The van der Waals surface area contributed by atoms with Gasteiger partial charge in [-0.25, -0.2) is 9.48 Å². The molecule has 2 aromatic heterocycles. The third-order valence-electron chi connectivity index (χ3n) is 2.98. The largest absolute Gasteiger partial charge is 0.497 e. The van der Waals surface area contributed by atoms with Gasteiger partial charge in [-0.2, -0.15) is 0 Å². The molecule has 0 aliphatic rings. The zero-order valence-corrected chi connectivity index (χ0v) is 12.6. The molecule has 0 N–H and O–H groups in total. The average Bonchev–Trinajstić information content (AvgIpc) is 2.80. The maximum atomic E-state index is 11.7. The van der Waals surface area contributed by atoms with E-state index in [4.69, 9.17) is 9.47 Å². The molecule has 21 heavy (non-hydrogen) atoms. The zero-order chi connectivity index (χ0) is 15.4. The second-order valence-electron chi connectivity index (χ2n) is 4.54. The van der Waals surface area contributed by atoms with Gasteiger partial charge in [-0.05, 0) is 20.8 Å². The van der Waals surface area contributed by atoms with Crippen LogP contribution in [0.2, 0.25) is 0 Å². The van der Waals surface area contributed by atoms with E-state index in [2.05, 4.69) is 15.3 Å². The fourth-order valence-corrected chi connectivity index (χ4v) is 1.95. The van der Waals surface area contributed by atoms with Gasteiger partial charge in [-0.3, -0.25) is 4.98 Å². The number of aromatic nitrogens is 4. The molecule has 0 spiro atoms. The van der Waals surface area contributed by atoms with Crippen LogP contribution in [0.25, 0.3) is 0 Å². The molecule has 0 aliphatic heterocycles. The Morgan fingerprint density at radius 1 is 1.33 bits per heavy atom. The summed E-state index contributed by atoms with van der Waals surface area (Å²) in [5.41, 5.74) is 2.52. The van der Waals surface area contributed by atoms with E-state index in [-0.39, 0.29) is 5.69 Å². The first-order valence-corrected chi connectivity index (χ1v) is 6.64. The second-order valence-corrected chi connectivity index (χ2v) is 4.54. The zero-order valence-electron chi connectivity index (χ0n) is 12.6. The van der Waals surface area contributed by atoms with Gasteiger partial charge in [0.05, 0.1) is 31.6 Å². The van der Waals surface area contributed by atoms with Crippen LogP contribution in [0.3, 0.4) is 0 Å². The molecule has 112 valence electrons. The van der Waals surface area contributed by atoms with Crippen LogP contribution in [0.5, 0.6) is 5.75 Å². The predicted octanol–water partition coefficient (Wildman–Crippen LogP) is 1.52. The highest BCUT2D eigenvalue weighted by Crippen LogP contribution is 2.15. The molecule has 0 bridgehead atoms. The number of hydrogen-bond acceptors (Lipinski definition) is 6. The van der Waals surface area contributed by atoms with Crippen LogP contribution in [-0.4, -0.2) is 39.7 Å². The van der Waals surface area contributed by atoms with Crippen LogP contribution in [0, 0.1) is 13.8 Å². The second kappa shape index (κ2) is 6.34. The van der Waals surface area contributed by atoms with Gasteiger partial charge >= 0.3 is 5.97 Å². The number of carbonyl (C=O) groups excluding carboxylic acids is 1. The minimum atomic E-state index is -0.462. The number of ether oxygens (including phenoxy) is 2. The Balaban J connectivity index is 2.24. The van der Waals surface area contributed by atoms with Crippen molar-refractivity contribution >= 4 is 5.97 Å². The van der Waals surface area contributed by atoms with Gasteiger partial charge in [-0.1, -0.05) is 5.21 Å². The van der Waals surface area contributed by atoms with Crippen molar-refractivity contribution in [1.82, 2.24) is 20.0 Å². The minimum absolute atomic E-state index is 0.233. The van der Waals surface area contributed by atoms with Crippen LogP contribution in [0.1, 0.15) is 34.5 Å². The molecule has 0 aliphatic carbocycles. The summed E-state index contributed by atoms with van der Waals surface area (Å²) >= 11 is 0. The SMILES string of the molecule is CCOC(=O)c1nnn(Cc2cc(OC)cc(C)n2)c1C. The number of methoxy groups -OCH3 is 1. The molecule has 0 unspecified atom stereocenters. The Kier molecular flexibility index (Phi) is 4.52. The summed E-state index contributed by atoms with van der Waals surface area (Å²) in [4.78, 5) is 16.1. The summed E-state index contributed by atoms with van der Waals surface area (Å²) in [5.74, 6) is 0.275. The maximum Gasteiger partial charge on any atom is 0.360 e. The maximum absolute atomic E-state index is 11.7. The van der Waals surface area contributed by atoms with Crippen molar-refractivity contribution < 1.29 is 14.3 Å². The first kappa shape index (κ1) is 15.0. The standard InChI is InChI=1S/C14H18N4O3/c1-5-21-14(19)13-10(3)18(17-16-13)8-11-7-12(20-4)6-9(2)15-11/h6-7H,5,8H2,1-4H3. The molecule has 0 radical (unpaired) electrons. The fourth-order valence-electron chi connectivity index (χ4n) is 1.95. The Hall–Kier alpha value is -2.44. The Morgan fingerprint density at radius 2 is 2.10 bits per heavy atom. The predicted molar refractivity (Wildman–Crippen MR) is 75.3 cm³/mol. The van der Waals surface area contributed by atoms with Crippen LogP contribution in [-0.2, 0) is 11.3 Å². The number of rotatable bonds is 5. The van der Waals surface area contributed by atoms with Gasteiger partial charge < -0.3 is 9.47 Å². The molecule has 0 aromatic carbocycles. The first-order valence-electron chi connectivity index (χ1n) is 6.64. The highest BCUT2D eigenvalue weighted by molar-refractivity contribution is 5.88. The van der Waals surface area contributed by atoms with Gasteiger partial charge in [0.15, 0.2) is 5.69 Å². The molecule has 0 saturated carbocycles. The molecule has 7 heteroatoms. The number of nitrogens with zero attached hydrogens (tertiary/aromatic N) is 4. The Bertz CT molecular complexity index is 652. The molecular weight excluding hydrogens is 272 g/mol. The lowest BCUT2D eigenvalue weighted by molar-refractivity contribution is 0.0518. The van der Waals surface area contributed by atoms with Crippen molar-refractivity contribution in [1.29, 1.82) is 0 Å². The van der Waals surface area contributed by atoms with E-state index in [0.29, 0.717) is 18.8 Å². The molecule has 0 saturated heterocycles. The van der Waals surface area contributed by atoms with E-state index >= 15 is 0 Å². The van der Waals surface area contributed by atoms with E-state index in [1.54, 1.807) is 25.6 Å². The lowest BCUT2D eigenvalue weighted by Crippen LogP contribution is -2.09. The van der Waals surface area contributed by atoms with Crippen molar-refractivity contribution in [2.24, 2.45) is 0 Å².